The van der Waals surface area contributed by atoms with Crippen LogP contribution in [0.4, 0.5) is 0 Å². The average Bonchev–Trinajstić information content (AvgIpc) is 2.61. The van der Waals surface area contributed by atoms with Crippen molar-refractivity contribution in [1.82, 2.24) is 0 Å². The predicted molar refractivity (Wildman–Crippen MR) is 107 cm³/mol. The van der Waals surface area contributed by atoms with Gasteiger partial charge in [0.2, 0.25) is 0 Å². The zero-order valence-electron chi connectivity index (χ0n) is 17.3. The normalized spacial score (nSPS) is 31.8. The summed E-state index contributed by atoms with van der Waals surface area (Å²) < 4.78 is 11.3. The largest absolute Gasteiger partial charge is 0.394 e. The first-order valence-corrected chi connectivity index (χ1v) is 9.63. The molecular formula is C21H36O7. The molecule has 1 aliphatic heterocycles. The Bertz CT molecular complexity index is 549. The zero-order chi connectivity index (χ0) is 21.5. The van der Waals surface area contributed by atoms with Crippen LogP contribution in [-0.4, -0.2) is 74.6 Å². The van der Waals surface area contributed by atoms with Crippen molar-refractivity contribution in [2.24, 2.45) is 0 Å². The van der Waals surface area contributed by atoms with Crippen LogP contribution in [0.15, 0.2) is 36.0 Å². The number of hydrogen-bond acceptors (Lipinski definition) is 7. The van der Waals surface area contributed by atoms with Gasteiger partial charge in [0.25, 0.3) is 0 Å². The second-order valence-corrected chi connectivity index (χ2v) is 7.97. The third-order valence-corrected chi connectivity index (χ3v) is 4.77. The van der Waals surface area contributed by atoms with Gasteiger partial charge in [-0.2, -0.15) is 0 Å². The lowest BCUT2D eigenvalue weighted by molar-refractivity contribution is -0.309. The molecule has 5 N–H and O–H groups in total. The first-order chi connectivity index (χ1) is 13.0. The summed E-state index contributed by atoms with van der Waals surface area (Å²) >= 11 is 0. The van der Waals surface area contributed by atoms with Gasteiger partial charge in [0, 0.05) is 6.42 Å². The molecule has 0 saturated carbocycles. The first kappa shape index (κ1) is 25.0. The molecule has 7 heteroatoms. The summed E-state index contributed by atoms with van der Waals surface area (Å²) in [4.78, 5) is 0. The van der Waals surface area contributed by atoms with E-state index in [1.807, 2.05) is 26.8 Å². The Morgan fingerprint density at radius 3 is 2.36 bits per heavy atom. The maximum atomic E-state index is 10.4. The summed E-state index contributed by atoms with van der Waals surface area (Å²) in [7, 11) is 0. The molecule has 0 spiro atoms. The minimum atomic E-state index is -1.51. The molecule has 28 heavy (non-hydrogen) atoms. The summed E-state index contributed by atoms with van der Waals surface area (Å²) in [5.41, 5.74) is 1.05. The third kappa shape index (κ3) is 7.75. The van der Waals surface area contributed by atoms with Gasteiger partial charge in [-0.25, -0.2) is 0 Å². The lowest BCUT2D eigenvalue weighted by atomic mass is 9.96. The molecule has 0 radical (unpaired) electrons. The molecule has 1 aliphatic rings. The van der Waals surface area contributed by atoms with E-state index >= 15 is 0 Å². The molecule has 0 aromatic rings. The van der Waals surface area contributed by atoms with E-state index in [2.05, 4.69) is 12.7 Å². The number of ether oxygens (including phenoxy) is 2. The summed E-state index contributed by atoms with van der Waals surface area (Å²) in [5.74, 6) is 0. The molecule has 162 valence electrons. The van der Waals surface area contributed by atoms with Gasteiger partial charge in [0.05, 0.1) is 18.3 Å². The van der Waals surface area contributed by atoms with Crippen LogP contribution in [0.3, 0.4) is 0 Å². The number of hydrogen-bond donors (Lipinski definition) is 5. The standard InChI is InChI=1S/C21H36O7/c1-6-21(5,26)11-15(10-14(4)9-7-8-13(2)3)27-20-19(25)18(24)17(23)16(12-22)28-20/h6,8,10,15-20,22-26H,1,7,9,11-12H2,2-5H3/b14-10+/t15-,16-,17-,18+,19-,20-,21?/m1/s1. The van der Waals surface area contributed by atoms with Gasteiger partial charge < -0.3 is 35.0 Å². The van der Waals surface area contributed by atoms with Crippen molar-refractivity contribution in [1.29, 1.82) is 0 Å². The van der Waals surface area contributed by atoms with E-state index in [0.717, 1.165) is 18.4 Å². The van der Waals surface area contributed by atoms with Gasteiger partial charge in [0.15, 0.2) is 6.29 Å². The van der Waals surface area contributed by atoms with Crippen LogP contribution in [0.5, 0.6) is 0 Å². The quantitative estimate of drug-likeness (QED) is 0.349. The molecule has 1 saturated heterocycles. The average molecular weight is 401 g/mol. The smallest absolute Gasteiger partial charge is 0.187 e. The van der Waals surface area contributed by atoms with Crippen molar-refractivity contribution < 1.29 is 35.0 Å². The van der Waals surface area contributed by atoms with E-state index in [9.17, 15) is 25.5 Å². The number of aliphatic hydroxyl groups is 5. The van der Waals surface area contributed by atoms with E-state index in [4.69, 9.17) is 9.47 Å². The number of allylic oxidation sites excluding steroid dienone is 3. The van der Waals surface area contributed by atoms with Crippen molar-refractivity contribution in [3.63, 3.8) is 0 Å². The molecule has 1 fully saturated rings. The maximum Gasteiger partial charge on any atom is 0.187 e. The lowest BCUT2D eigenvalue weighted by Crippen LogP contribution is -2.59. The highest BCUT2D eigenvalue weighted by atomic mass is 16.7. The van der Waals surface area contributed by atoms with Crippen LogP contribution < -0.4 is 0 Å². The van der Waals surface area contributed by atoms with Crippen LogP contribution in [0, 0.1) is 0 Å². The van der Waals surface area contributed by atoms with E-state index in [1.54, 1.807) is 6.92 Å². The van der Waals surface area contributed by atoms with E-state index in [0.29, 0.717) is 0 Å². The SMILES string of the molecule is C=CC(C)(O)C[C@@H](/C=C(\C)CCC=C(C)C)O[C@@H]1O[C@H](CO)[C@@H](O)[C@H](O)[C@H]1O. The molecule has 1 rings (SSSR count). The van der Waals surface area contributed by atoms with Gasteiger partial charge in [-0.05, 0) is 40.5 Å². The number of aliphatic hydroxyl groups excluding tert-OH is 4. The summed E-state index contributed by atoms with van der Waals surface area (Å²) in [6.45, 7) is 10.7. The van der Waals surface area contributed by atoms with E-state index in [1.165, 1.54) is 11.6 Å². The highest BCUT2D eigenvalue weighted by Gasteiger charge is 2.45. The fraction of sp³-hybridized carbons (Fsp3) is 0.714. The highest BCUT2D eigenvalue weighted by Crippen LogP contribution is 2.26. The Kier molecular flexibility index (Phi) is 10.00. The van der Waals surface area contributed by atoms with Gasteiger partial charge in [-0.3, -0.25) is 0 Å². The van der Waals surface area contributed by atoms with Gasteiger partial charge in [-0.15, -0.1) is 6.58 Å². The highest BCUT2D eigenvalue weighted by molar-refractivity contribution is 5.08. The van der Waals surface area contributed by atoms with Crippen LogP contribution in [0.2, 0.25) is 0 Å². The Hall–Kier alpha value is -1.06. The van der Waals surface area contributed by atoms with Crippen LogP contribution in [-0.2, 0) is 9.47 Å². The van der Waals surface area contributed by atoms with Crippen molar-refractivity contribution in [3.05, 3.63) is 36.0 Å². The molecule has 0 aromatic heterocycles. The van der Waals surface area contributed by atoms with Crippen molar-refractivity contribution >= 4 is 0 Å². The van der Waals surface area contributed by atoms with Gasteiger partial charge in [0.1, 0.15) is 24.4 Å². The second-order valence-electron chi connectivity index (χ2n) is 7.97. The monoisotopic (exact) mass is 400 g/mol. The molecule has 0 amide bonds. The fourth-order valence-corrected chi connectivity index (χ4v) is 2.98. The minimum Gasteiger partial charge on any atom is -0.394 e. The van der Waals surface area contributed by atoms with E-state index in [-0.39, 0.29) is 6.42 Å². The molecule has 0 bridgehead atoms. The van der Waals surface area contributed by atoms with Crippen molar-refractivity contribution in [3.8, 4) is 0 Å². The molecule has 1 heterocycles. The van der Waals surface area contributed by atoms with Gasteiger partial charge in [-0.1, -0.05) is 29.4 Å². The minimum absolute atomic E-state index is 0.158. The van der Waals surface area contributed by atoms with E-state index < -0.39 is 49.0 Å². The summed E-state index contributed by atoms with van der Waals surface area (Å²) in [6, 6.07) is 0. The van der Waals surface area contributed by atoms with Gasteiger partial charge >= 0.3 is 0 Å². The molecule has 7 atom stereocenters. The zero-order valence-corrected chi connectivity index (χ0v) is 17.3. The molecule has 7 nitrogen and oxygen atoms in total. The predicted octanol–water partition coefficient (Wildman–Crippen LogP) is 1.19. The number of rotatable bonds is 10. The van der Waals surface area contributed by atoms with Crippen LogP contribution in [0.25, 0.3) is 0 Å². The Labute approximate surface area is 167 Å². The molecular weight excluding hydrogens is 364 g/mol. The maximum absolute atomic E-state index is 10.4. The first-order valence-electron chi connectivity index (χ1n) is 9.63. The second kappa shape index (κ2) is 11.2. The fourth-order valence-electron chi connectivity index (χ4n) is 2.98. The Morgan fingerprint density at radius 1 is 1.18 bits per heavy atom. The molecule has 0 aromatic carbocycles. The third-order valence-electron chi connectivity index (χ3n) is 4.77. The van der Waals surface area contributed by atoms with Crippen LogP contribution >= 0.6 is 0 Å². The van der Waals surface area contributed by atoms with Crippen LogP contribution in [0.1, 0.15) is 47.0 Å². The van der Waals surface area contributed by atoms with Crippen molar-refractivity contribution in [2.45, 2.75) is 89.4 Å². The molecule has 1 unspecified atom stereocenters. The Morgan fingerprint density at radius 2 is 1.82 bits per heavy atom. The topological polar surface area (TPSA) is 120 Å². The van der Waals surface area contributed by atoms with Crippen molar-refractivity contribution in [2.75, 3.05) is 6.61 Å². The summed E-state index contributed by atoms with van der Waals surface area (Å²) in [5, 5.41) is 49.8. The lowest BCUT2D eigenvalue weighted by Gasteiger charge is -2.41. The summed E-state index contributed by atoms with van der Waals surface area (Å²) in [6.07, 6.45) is -0.192. The molecule has 0 aliphatic carbocycles. The Balaban J connectivity index is 2.95.